The third-order valence-electron chi connectivity index (χ3n) is 3.52. The van der Waals surface area contributed by atoms with Crippen LogP contribution < -0.4 is 0 Å². The van der Waals surface area contributed by atoms with Crippen LogP contribution in [-0.2, 0) is 0 Å². The van der Waals surface area contributed by atoms with Gasteiger partial charge in [-0.1, -0.05) is 37.3 Å². The van der Waals surface area contributed by atoms with Crippen molar-refractivity contribution in [3.05, 3.63) is 59.4 Å². The van der Waals surface area contributed by atoms with E-state index in [9.17, 15) is 9.90 Å². The van der Waals surface area contributed by atoms with Crippen molar-refractivity contribution in [2.24, 2.45) is 0 Å². The zero-order valence-corrected chi connectivity index (χ0v) is 10.5. The minimum absolute atomic E-state index is 0.288. The first-order chi connectivity index (χ1) is 9.18. The van der Waals surface area contributed by atoms with Gasteiger partial charge in [0, 0.05) is 18.0 Å². The molecule has 1 aliphatic rings. The van der Waals surface area contributed by atoms with Gasteiger partial charge >= 0.3 is 5.97 Å². The van der Waals surface area contributed by atoms with Crippen LogP contribution in [0.2, 0.25) is 0 Å². The van der Waals surface area contributed by atoms with E-state index in [1.165, 1.54) is 11.8 Å². The van der Waals surface area contributed by atoms with E-state index in [1.54, 1.807) is 12.3 Å². The lowest BCUT2D eigenvalue weighted by atomic mass is 9.93. The quantitative estimate of drug-likeness (QED) is 0.887. The summed E-state index contributed by atoms with van der Waals surface area (Å²) in [6, 6.07) is 7.54. The third kappa shape index (κ3) is 1.83. The lowest BCUT2D eigenvalue weighted by Crippen LogP contribution is -2.01. The molecule has 19 heavy (non-hydrogen) atoms. The van der Waals surface area contributed by atoms with Gasteiger partial charge in [-0.25, -0.2) is 4.79 Å². The predicted molar refractivity (Wildman–Crippen MR) is 74.1 cm³/mol. The molecule has 0 saturated heterocycles. The van der Waals surface area contributed by atoms with Crippen molar-refractivity contribution in [3.63, 3.8) is 0 Å². The van der Waals surface area contributed by atoms with Gasteiger partial charge in [0.05, 0.1) is 5.56 Å². The van der Waals surface area contributed by atoms with Gasteiger partial charge in [0.1, 0.15) is 0 Å². The number of nitrogens with zero attached hydrogens (tertiary/aromatic N) is 1. The molecular formula is C16H13NO2. The summed E-state index contributed by atoms with van der Waals surface area (Å²) in [5.41, 5.74) is 4.23. The first-order valence-corrected chi connectivity index (χ1v) is 6.17. The Labute approximate surface area is 111 Å². The van der Waals surface area contributed by atoms with E-state index in [1.807, 2.05) is 12.1 Å². The molecule has 1 unspecified atom stereocenters. The number of carboxylic acids is 1. The Morgan fingerprint density at radius 2 is 2.11 bits per heavy atom. The second-order valence-electron chi connectivity index (χ2n) is 4.68. The first kappa shape index (κ1) is 11.7. The summed E-state index contributed by atoms with van der Waals surface area (Å²) in [7, 11) is 0. The molecule has 1 N–H and O–H groups in total. The van der Waals surface area contributed by atoms with Crippen molar-refractivity contribution >= 4 is 12.0 Å². The van der Waals surface area contributed by atoms with Crippen LogP contribution >= 0.6 is 0 Å². The molecule has 0 saturated carbocycles. The molecule has 0 aliphatic heterocycles. The van der Waals surface area contributed by atoms with Crippen LogP contribution in [0.1, 0.15) is 34.3 Å². The van der Waals surface area contributed by atoms with Crippen molar-refractivity contribution in [2.75, 3.05) is 0 Å². The van der Waals surface area contributed by atoms with Crippen LogP contribution in [0.25, 0.3) is 17.2 Å². The highest BCUT2D eigenvalue weighted by Gasteiger charge is 2.19. The summed E-state index contributed by atoms with van der Waals surface area (Å²) in [5.74, 6) is -0.551. The van der Waals surface area contributed by atoms with Crippen molar-refractivity contribution < 1.29 is 9.90 Å². The Hall–Kier alpha value is -2.42. The highest BCUT2D eigenvalue weighted by atomic mass is 16.4. The van der Waals surface area contributed by atoms with E-state index in [4.69, 9.17) is 0 Å². The normalized spacial score (nSPS) is 16.4. The second kappa shape index (κ2) is 4.35. The predicted octanol–water partition coefficient (Wildman–Crippen LogP) is 3.58. The molecule has 0 fully saturated rings. The number of carboxylic acid groups (broad SMARTS) is 1. The molecule has 3 nitrogen and oxygen atoms in total. The summed E-state index contributed by atoms with van der Waals surface area (Å²) in [6.45, 7) is 2.13. The van der Waals surface area contributed by atoms with Crippen molar-refractivity contribution in [1.82, 2.24) is 4.98 Å². The van der Waals surface area contributed by atoms with Gasteiger partial charge in [-0.2, -0.15) is 0 Å². The van der Waals surface area contributed by atoms with Gasteiger partial charge in [-0.05, 0) is 28.7 Å². The van der Waals surface area contributed by atoms with E-state index >= 15 is 0 Å². The van der Waals surface area contributed by atoms with E-state index in [2.05, 4.69) is 30.1 Å². The first-order valence-electron chi connectivity index (χ1n) is 6.17. The SMILES string of the molecule is CC1C=Cc2c(-c3cnccc3C(=O)O)cccc21. The molecule has 2 aromatic rings. The number of pyridine rings is 1. The Kier molecular flexibility index (Phi) is 2.67. The van der Waals surface area contributed by atoms with E-state index in [0.29, 0.717) is 11.5 Å². The number of hydrogen-bond acceptors (Lipinski definition) is 2. The van der Waals surface area contributed by atoms with Crippen LogP contribution in [-0.4, -0.2) is 16.1 Å². The van der Waals surface area contributed by atoms with Crippen LogP contribution in [0, 0.1) is 0 Å². The number of fused-ring (bicyclic) bond motifs is 1. The highest BCUT2D eigenvalue weighted by Crippen LogP contribution is 2.37. The molecule has 0 amide bonds. The molecule has 0 bridgehead atoms. The summed E-state index contributed by atoms with van der Waals surface area (Å²) >= 11 is 0. The lowest BCUT2D eigenvalue weighted by Gasteiger charge is -2.11. The molecule has 94 valence electrons. The van der Waals surface area contributed by atoms with Crippen LogP contribution in [0.4, 0.5) is 0 Å². The Bertz CT molecular complexity index is 689. The largest absolute Gasteiger partial charge is 0.478 e. The van der Waals surface area contributed by atoms with Gasteiger partial charge < -0.3 is 5.11 Å². The molecular weight excluding hydrogens is 238 g/mol. The van der Waals surface area contributed by atoms with Crippen LogP contribution in [0.5, 0.6) is 0 Å². The molecule has 3 rings (SSSR count). The summed E-state index contributed by atoms with van der Waals surface area (Å²) < 4.78 is 0. The molecule has 1 aliphatic carbocycles. The standard InChI is InChI=1S/C16H13NO2/c1-10-5-6-13-11(10)3-2-4-12(13)15-9-17-8-7-14(15)16(18)19/h2-10H,1H3,(H,18,19). The lowest BCUT2D eigenvalue weighted by molar-refractivity contribution is 0.0697. The molecule has 3 heteroatoms. The van der Waals surface area contributed by atoms with Gasteiger partial charge in [0.25, 0.3) is 0 Å². The highest BCUT2D eigenvalue weighted by molar-refractivity contribution is 5.97. The summed E-state index contributed by atoms with van der Waals surface area (Å²) in [6.07, 6.45) is 7.32. The van der Waals surface area contributed by atoms with E-state index in [-0.39, 0.29) is 5.56 Å². The number of aromatic carboxylic acids is 1. The average molecular weight is 251 g/mol. The van der Waals surface area contributed by atoms with Gasteiger partial charge in [-0.15, -0.1) is 0 Å². The van der Waals surface area contributed by atoms with Gasteiger partial charge in [-0.3, -0.25) is 4.98 Å². The molecule has 1 aromatic carbocycles. The minimum Gasteiger partial charge on any atom is -0.478 e. The number of aromatic nitrogens is 1. The topological polar surface area (TPSA) is 50.2 Å². The zero-order chi connectivity index (χ0) is 13.4. The fraction of sp³-hybridized carbons (Fsp3) is 0.125. The molecule has 0 spiro atoms. The molecule has 1 atom stereocenters. The Morgan fingerprint density at radius 3 is 2.89 bits per heavy atom. The maximum atomic E-state index is 11.3. The number of carbonyl (C=O) groups is 1. The molecule has 1 aromatic heterocycles. The van der Waals surface area contributed by atoms with Crippen molar-refractivity contribution in [2.45, 2.75) is 12.8 Å². The van der Waals surface area contributed by atoms with Crippen LogP contribution in [0.3, 0.4) is 0 Å². The average Bonchev–Trinajstić information content (AvgIpc) is 2.81. The monoisotopic (exact) mass is 251 g/mol. The smallest absolute Gasteiger partial charge is 0.336 e. The Morgan fingerprint density at radius 1 is 1.26 bits per heavy atom. The number of benzene rings is 1. The van der Waals surface area contributed by atoms with E-state index in [0.717, 1.165) is 11.1 Å². The fourth-order valence-electron chi connectivity index (χ4n) is 2.54. The van der Waals surface area contributed by atoms with Crippen LogP contribution in [0.15, 0.2) is 42.7 Å². The van der Waals surface area contributed by atoms with E-state index < -0.39 is 5.97 Å². The molecule has 0 radical (unpaired) electrons. The summed E-state index contributed by atoms with van der Waals surface area (Å²) in [5, 5.41) is 9.28. The third-order valence-corrected chi connectivity index (χ3v) is 3.52. The van der Waals surface area contributed by atoms with Crippen molar-refractivity contribution in [1.29, 1.82) is 0 Å². The van der Waals surface area contributed by atoms with Gasteiger partial charge in [0.2, 0.25) is 0 Å². The zero-order valence-electron chi connectivity index (χ0n) is 10.5. The number of hydrogen-bond donors (Lipinski definition) is 1. The second-order valence-corrected chi connectivity index (χ2v) is 4.68. The van der Waals surface area contributed by atoms with Gasteiger partial charge in [0.15, 0.2) is 0 Å². The Balaban J connectivity index is 2.25. The minimum atomic E-state index is -0.926. The number of rotatable bonds is 2. The maximum absolute atomic E-state index is 11.3. The summed E-state index contributed by atoms with van der Waals surface area (Å²) in [4.78, 5) is 15.4. The maximum Gasteiger partial charge on any atom is 0.336 e. The number of allylic oxidation sites excluding steroid dienone is 1. The molecule has 1 heterocycles. The fourth-order valence-corrected chi connectivity index (χ4v) is 2.54. The van der Waals surface area contributed by atoms with Crippen molar-refractivity contribution in [3.8, 4) is 11.1 Å².